The lowest BCUT2D eigenvalue weighted by Gasteiger charge is -2.42. The maximum atomic E-state index is 15.3. The molecule has 2 unspecified atom stereocenters. The maximum absolute atomic E-state index is 15.3. The van der Waals surface area contributed by atoms with Crippen molar-refractivity contribution in [3.05, 3.63) is 89.0 Å². The molecule has 3 atom stereocenters. The van der Waals surface area contributed by atoms with Crippen LogP contribution in [0.3, 0.4) is 0 Å². The number of aromatic nitrogens is 1. The van der Waals surface area contributed by atoms with Crippen molar-refractivity contribution < 1.29 is 22.7 Å². The lowest BCUT2D eigenvalue weighted by Crippen LogP contribution is -2.52. The summed E-state index contributed by atoms with van der Waals surface area (Å²) in [4.78, 5) is 33.2. The van der Waals surface area contributed by atoms with Gasteiger partial charge in [0.15, 0.2) is 0 Å². The van der Waals surface area contributed by atoms with Crippen LogP contribution in [0.4, 0.5) is 0 Å². The summed E-state index contributed by atoms with van der Waals surface area (Å²) in [6.07, 6.45) is 6.44. The number of carbonyl (C=O) groups excluding carboxylic acids is 2. The third-order valence-electron chi connectivity index (χ3n) is 12.1. The van der Waals surface area contributed by atoms with Gasteiger partial charge in [-0.15, -0.1) is 0 Å². The zero-order chi connectivity index (χ0) is 35.7. The quantitative estimate of drug-likeness (QED) is 0.220. The average Bonchev–Trinajstić information content (AvgIpc) is 3.81. The largest absolute Gasteiger partial charge is 0.497 e. The minimum Gasteiger partial charge on any atom is -0.497 e. The van der Waals surface area contributed by atoms with Crippen molar-refractivity contribution in [1.82, 2.24) is 19.1 Å². The predicted molar refractivity (Wildman–Crippen MR) is 210 cm³/mol. The second-order valence-electron chi connectivity index (χ2n) is 15.5. The number of benzene rings is 3. The summed E-state index contributed by atoms with van der Waals surface area (Å²) < 4.78 is 35.8. The van der Waals surface area contributed by atoms with E-state index >= 15 is 4.79 Å². The number of fused-ring (bicyclic) bond motifs is 7. The molecule has 1 aromatic heterocycles. The highest BCUT2D eigenvalue weighted by Crippen LogP contribution is 2.66. The van der Waals surface area contributed by atoms with Crippen LogP contribution >= 0.6 is 13.5 Å². The smallest absolute Gasteiger partial charge is 0.264 e. The summed E-state index contributed by atoms with van der Waals surface area (Å²) >= 11 is 0. The van der Waals surface area contributed by atoms with Crippen molar-refractivity contribution in [3.8, 4) is 17.0 Å². The van der Waals surface area contributed by atoms with E-state index in [1.54, 1.807) is 27.0 Å². The fourth-order valence-corrected chi connectivity index (χ4v) is 9.75. The molecular formula is C41H50N4O5S2. The highest BCUT2D eigenvalue weighted by molar-refractivity contribution is 7.90. The minimum atomic E-state index is -3.82. The molecule has 2 aliphatic heterocycles. The van der Waals surface area contributed by atoms with Gasteiger partial charge in [0, 0.05) is 54.1 Å². The number of ether oxygens (including phenoxy) is 1. The highest BCUT2D eigenvalue weighted by atomic mass is 32.2. The van der Waals surface area contributed by atoms with Gasteiger partial charge in [0.05, 0.1) is 29.5 Å². The third kappa shape index (κ3) is 6.12. The number of nitrogens with one attached hydrogen (secondary N) is 1. The van der Waals surface area contributed by atoms with Crippen molar-refractivity contribution >= 4 is 46.2 Å². The first-order valence-electron chi connectivity index (χ1n) is 18.5. The number of carbonyl (C=O) groups is 2. The Labute approximate surface area is 314 Å². The van der Waals surface area contributed by atoms with Crippen molar-refractivity contribution in [1.29, 1.82) is 0 Å². The number of methoxy groups -OCH3 is 1. The van der Waals surface area contributed by atoms with Gasteiger partial charge in [-0.1, -0.05) is 55.7 Å². The molecule has 2 amide bonds. The van der Waals surface area contributed by atoms with Crippen LogP contribution in [0.15, 0.2) is 66.7 Å². The highest BCUT2D eigenvalue weighted by Gasteiger charge is 2.64. The van der Waals surface area contributed by atoms with Crippen molar-refractivity contribution in [3.63, 3.8) is 0 Å². The van der Waals surface area contributed by atoms with E-state index in [0.29, 0.717) is 19.0 Å². The van der Waals surface area contributed by atoms with Gasteiger partial charge in [-0.05, 0) is 93.1 Å². The molecule has 1 N–H and O–H groups in total. The summed E-state index contributed by atoms with van der Waals surface area (Å²) in [6.45, 7) is 5.81. The van der Waals surface area contributed by atoms with Crippen molar-refractivity contribution in [2.24, 2.45) is 5.41 Å². The molecule has 1 saturated heterocycles. The Hall–Kier alpha value is -3.80. The first kappa shape index (κ1) is 36.6. The van der Waals surface area contributed by atoms with Gasteiger partial charge >= 0.3 is 0 Å². The van der Waals surface area contributed by atoms with Gasteiger partial charge in [0.1, 0.15) is 5.75 Å². The van der Waals surface area contributed by atoms with Crippen LogP contribution in [0.25, 0.3) is 22.2 Å². The van der Waals surface area contributed by atoms with Gasteiger partial charge in [0.25, 0.3) is 5.91 Å². The Morgan fingerprint density at radius 2 is 1.71 bits per heavy atom. The fourth-order valence-electron chi connectivity index (χ4n) is 9.14. The molecule has 9 nitrogen and oxygen atoms in total. The van der Waals surface area contributed by atoms with E-state index in [0.717, 1.165) is 84.2 Å². The van der Waals surface area contributed by atoms with E-state index in [2.05, 4.69) is 50.4 Å². The van der Waals surface area contributed by atoms with Gasteiger partial charge in [-0.2, -0.15) is 13.5 Å². The summed E-state index contributed by atoms with van der Waals surface area (Å²) in [7, 11) is -0.0104. The van der Waals surface area contributed by atoms with Gasteiger partial charge in [-0.3, -0.25) is 9.59 Å². The molecular weight excluding hydrogens is 693 g/mol. The first-order chi connectivity index (χ1) is 24.5. The Bertz CT molecular complexity index is 2130. The first-order valence-corrected chi connectivity index (χ1v) is 20.0. The molecule has 2 aliphatic carbocycles. The Kier molecular flexibility index (Phi) is 9.76. The van der Waals surface area contributed by atoms with Crippen LogP contribution < -0.4 is 9.46 Å². The van der Waals surface area contributed by atoms with Crippen LogP contribution in [-0.2, 0) is 21.4 Å². The monoisotopic (exact) mass is 742 g/mol. The average molecular weight is 743 g/mol. The summed E-state index contributed by atoms with van der Waals surface area (Å²) in [5.41, 5.74) is 6.30. The fraction of sp³-hybridized carbons (Fsp3) is 0.463. The summed E-state index contributed by atoms with van der Waals surface area (Å²) in [6, 6.07) is 22.2. The van der Waals surface area contributed by atoms with E-state index in [4.69, 9.17) is 4.74 Å². The SMILES string of the molecule is COc1ccc2c(c1)C1C[C@]1(C(=O)N1CCN(C)CC1c1ccccc1)Cn1c-2c(C2CCCCC2)c2ccc(C(=O)NS(=O)(=O)C(C)C)cc21.S. The summed E-state index contributed by atoms with van der Waals surface area (Å²) in [5, 5.41) is 0.332. The summed E-state index contributed by atoms with van der Waals surface area (Å²) in [5.74, 6) is 0.668. The van der Waals surface area contributed by atoms with Crippen molar-refractivity contribution in [2.45, 2.75) is 82.0 Å². The molecule has 0 radical (unpaired) electrons. The number of hydrogen-bond donors (Lipinski definition) is 1. The molecule has 4 aromatic rings. The number of nitrogens with zero attached hydrogens (tertiary/aromatic N) is 3. The van der Waals surface area contributed by atoms with Crippen molar-refractivity contribution in [2.75, 3.05) is 33.8 Å². The van der Waals surface area contributed by atoms with Crippen LogP contribution in [0.5, 0.6) is 5.75 Å². The predicted octanol–water partition coefficient (Wildman–Crippen LogP) is 6.95. The van der Waals surface area contributed by atoms with Gasteiger partial charge in [0.2, 0.25) is 15.9 Å². The van der Waals surface area contributed by atoms with E-state index in [1.165, 1.54) is 12.0 Å². The van der Waals surface area contributed by atoms with E-state index in [1.807, 2.05) is 36.4 Å². The number of hydrogen-bond acceptors (Lipinski definition) is 6. The maximum Gasteiger partial charge on any atom is 0.264 e. The Morgan fingerprint density at radius 3 is 2.42 bits per heavy atom. The molecule has 3 fully saturated rings. The molecule has 11 heteroatoms. The molecule has 3 aromatic carbocycles. The standard InChI is InChI=1S/C41H48N4O5S.H2S/c1-26(2)51(48,49)42-39(46)29-15-17-32-35(21-29)45-25-41(40(47)44-20-19-43(3)24-36(44)27-11-7-5-8-12-27)23-34(41)33-22-30(50-4)16-18-31(33)38(45)37(32)28-13-9-6-10-14-28;/h5,7-8,11-12,15-18,21-22,26,28,34,36H,6,9-10,13-14,19-20,23-25H2,1-4H3,(H,42,46);1H2/t34?,36?,41-;/m0./s1. The van der Waals surface area contributed by atoms with Gasteiger partial charge in [-0.25, -0.2) is 13.1 Å². The van der Waals surface area contributed by atoms with E-state index < -0.39 is 26.6 Å². The topological polar surface area (TPSA) is 101 Å². The molecule has 2 saturated carbocycles. The molecule has 0 spiro atoms. The number of piperazine rings is 1. The lowest BCUT2D eigenvalue weighted by atomic mass is 9.81. The minimum absolute atomic E-state index is 0. The zero-order valence-corrected chi connectivity index (χ0v) is 32.3. The van der Waals surface area contributed by atoms with E-state index in [9.17, 15) is 13.2 Å². The number of rotatable bonds is 7. The molecule has 8 rings (SSSR count). The number of sulfonamides is 1. The second-order valence-corrected chi connectivity index (χ2v) is 17.7. The molecule has 52 heavy (non-hydrogen) atoms. The molecule has 276 valence electrons. The van der Waals surface area contributed by atoms with Crippen LogP contribution in [0, 0.1) is 5.41 Å². The molecule has 3 heterocycles. The zero-order valence-electron chi connectivity index (χ0n) is 30.5. The van der Waals surface area contributed by atoms with Gasteiger partial charge < -0.3 is 19.1 Å². The second kappa shape index (κ2) is 13.9. The lowest BCUT2D eigenvalue weighted by molar-refractivity contribution is -0.143. The number of amides is 2. The van der Waals surface area contributed by atoms with Crippen LogP contribution in [0.1, 0.15) is 97.3 Å². The molecule has 4 aliphatic rings. The Morgan fingerprint density at radius 1 is 0.962 bits per heavy atom. The third-order valence-corrected chi connectivity index (χ3v) is 13.8. The van der Waals surface area contributed by atoms with Crippen LogP contribution in [-0.4, -0.2) is 73.6 Å². The van der Waals surface area contributed by atoms with E-state index in [-0.39, 0.29) is 36.9 Å². The van der Waals surface area contributed by atoms with Crippen LogP contribution in [0.2, 0.25) is 0 Å². The Balaban J connectivity index is 0.00000420. The molecule has 0 bridgehead atoms. The normalized spacial score (nSPS) is 23.2. The number of likely N-dealkylation sites (N-methyl/N-ethyl adjacent to an activating group) is 1.